The Labute approximate surface area is 122 Å². The highest BCUT2D eigenvalue weighted by atomic mass is 16.5. The first-order valence-electron chi connectivity index (χ1n) is 7.85. The number of aromatic nitrogens is 2. The Balaban J connectivity index is 2.51. The van der Waals surface area contributed by atoms with Gasteiger partial charge >= 0.3 is 0 Å². The van der Waals surface area contributed by atoms with Crippen LogP contribution in [0.1, 0.15) is 62.8 Å². The van der Waals surface area contributed by atoms with Crippen molar-refractivity contribution in [1.29, 1.82) is 0 Å². The van der Waals surface area contributed by atoms with Gasteiger partial charge in [0.2, 0.25) is 0 Å². The van der Waals surface area contributed by atoms with Gasteiger partial charge in [0.1, 0.15) is 5.60 Å². The molecule has 1 aliphatic rings. The Morgan fingerprint density at radius 3 is 2.55 bits per heavy atom. The van der Waals surface area contributed by atoms with Crippen molar-refractivity contribution < 1.29 is 4.74 Å². The Hall–Kier alpha value is -1.00. The van der Waals surface area contributed by atoms with Gasteiger partial charge in [-0.25, -0.2) is 9.97 Å². The molecule has 0 unspecified atom stereocenters. The maximum absolute atomic E-state index is 5.80. The van der Waals surface area contributed by atoms with Crippen LogP contribution in [0.5, 0.6) is 0 Å². The van der Waals surface area contributed by atoms with Gasteiger partial charge in [-0.1, -0.05) is 27.2 Å². The third kappa shape index (κ3) is 2.72. The second kappa shape index (κ2) is 6.64. The average molecular weight is 277 g/mol. The first kappa shape index (κ1) is 15.4. The summed E-state index contributed by atoms with van der Waals surface area (Å²) < 4.78 is 5.80. The molecule has 0 radical (unpaired) electrons. The number of nitrogens with one attached hydrogen (secondary N) is 1. The van der Waals surface area contributed by atoms with E-state index in [1.165, 1.54) is 17.0 Å². The molecule has 0 aliphatic carbocycles. The third-order valence-electron chi connectivity index (χ3n) is 4.45. The van der Waals surface area contributed by atoms with Gasteiger partial charge in [0.25, 0.3) is 0 Å². The van der Waals surface area contributed by atoms with Gasteiger partial charge in [0.05, 0.1) is 5.69 Å². The zero-order valence-corrected chi connectivity index (χ0v) is 13.3. The summed E-state index contributed by atoms with van der Waals surface area (Å²) in [5.41, 5.74) is 3.44. The largest absolute Gasteiger partial charge is 0.370 e. The fraction of sp³-hybridized carbons (Fsp3) is 0.750. The van der Waals surface area contributed by atoms with Crippen molar-refractivity contribution in [2.24, 2.45) is 0 Å². The predicted molar refractivity (Wildman–Crippen MR) is 80.7 cm³/mol. The molecule has 1 aromatic rings. The molecular weight excluding hydrogens is 250 g/mol. The lowest BCUT2D eigenvalue weighted by Crippen LogP contribution is -2.33. The van der Waals surface area contributed by atoms with Crippen molar-refractivity contribution in [1.82, 2.24) is 15.3 Å². The Bertz CT molecular complexity index is 447. The lowest BCUT2D eigenvalue weighted by molar-refractivity contribution is -0.0295. The summed E-state index contributed by atoms with van der Waals surface area (Å²) in [6.07, 6.45) is 5.00. The van der Waals surface area contributed by atoms with Crippen molar-refractivity contribution in [3.63, 3.8) is 0 Å². The number of fused-ring (bicyclic) bond motifs is 1. The highest BCUT2D eigenvalue weighted by Gasteiger charge is 2.33. The number of ether oxygens (including phenoxy) is 1. The molecule has 0 amide bonds. The third-order valence-corrected chi connectivity index (χ3v) is 4.45. The van der Waals surface area contributed by atoms with E-state index in [0.29, 0.717) is 0 Å². The van der Waals surface area contributed by atoms with Crippen LogP contribution in [0, 0.1) is 0 Å². The number of aryl methyl sites for hydroxylation is 1. The smallest absolute Gasteiger partial charge is 0.160 e. The van der Waals surface area contributed by atoms with Gasteiger partial charge in [-0.15, -0.1) is 0 Å². The van der Waals surface area contributed by atoms with Gasteiger partial charge in [0, 0.05) is 19.3 Å². The fourth-order valence-corrected chi connectivity index (χ4v) is 3.03. The number of rotatable bonds is 6. The fourth-order valence-electron chi connectivity index (χ4n) is 3.03. The molecule has 0 saturated carbocycles. The first-order valence-corrected chi connectivity index (χ1v) is 7.85. The molecule has 1 aromatic heterocycles. The van der Waals surface area contributed by atoms with E-state index in [1.54, 1.807) is 7.11 Å². The molecule has 4 nitrogen and oxygen atoms in total. The molecule has 1 aliphatic heterocycles. The van der Waals surface area contributed by atoms with E-state index in [-0.39, 0.29) is 5.60 Å². The summed E-state index contributed by atoms with van der Waals surface area (Å²) in [4.78, 5) is 9.74. The van der Waals surface area contributed by atoms with E-state index < -0.39 is 0 Å². The topological polar surface area (TPSA) is 47.0 Å². The zero-order valence-electron chi connectivity index (χ0n) is 13.3. The van der Waals surface area contributed by atoms with Crippen LogP contribution in [-0.2, 0) is 29.7 Å². The summed E-state index contributed by atoms with van der Waals surface area (Å²) >= 11 is 0. The molecule has 2 rings (SSSR count). The number of methoxy groups -OCH3 is 1. The summed E-state index contributed by atoms with van der Waals surface area (Å²) in [5.74, 6) is 0.871. The maximum atomic E-state index is 5.80. The van der Waals surface area contributed by atoms with E-state index in [0.717, 1.165) is 51.0 Å². The molecule has 0 bridgehead atoms. The molecule has 2 heterocycles. The van der Waals surface area contributed by atoms with Crippen LogP contribution in [0.15, 0.2) is 0 Å². The lowest BCUT2D eigenvalue weighted by atomic mass is 9.94. The van der Waals surface area contributed by atoms with E-state index in [2.05, 4.69) is 26.1 Å². The van der Waals surface area contributed by atoms with Gasteiger partial charge < -0.3 is 10.1 Å². The highest BCUT2D eigenvalue weighted by Crippen LogP contribution is 2.31. The molecule has 4 heteroatoms. The maximum Gasteiger partial charge on any atom is 0.160 e. The molecule has 112 valence electrons. The van der Waals surface area contributed by atoms with Crippen LogP contribution in [0.2, 0.25) is 0 Å². The molecule has 0 aromatic carbocycles. The standard InChI is InChI=1S/C16H27N3O/c1-5-8-13-12-9-10-17-11-14(12)19-15(18-13)16(6-2,7-3)20-4/h17H,5-11H2,1-4H3. The van der Waals surface area contributed by atoms with E-state index in [9.17, 15) is 0 Å². The van der Waals surface area contributed by atoms with Crippen LogP contribution < -0.4 is 5.32 Å². The van der Waals surface area contributed by atoms with Crippen molar-refractivity contribution >= 4 is 0 Å². The minimum atomic E-state index is -0.338. The molecule has 20 heavy (non-hydrogen) atoms. The van der Waals surface area contributed by atoms with Gasteiger partial charge in [0.15, 0.2) is 5.82 Å². The summed E-state index contributed by atoms with van der Waals surface area (Å²) in [6, 6.07) is 0. The van der Waals surface area contributed by atoms with Gasteiger partial charge in [-0.05, 0) is 37.8 Å². The lowest BCUT2D eigenvalue weighted by Gasteiger charge is -2.30. The number of nitrogens with zero attached hydrogens (tertiary/aromatic N) is 2. The second-order valence-corrected chi connectivity index (χ2v) is 5.50. The molecule has 0 fully saturated rings. The zero-order chi connectivity index (χ0) is 14.6. The Morgan fingerprint density at radius 2 is 1.95 bits per heavy atom. The normalized spacial score (nSPS) is 15.2. The predicted octanol–water partition coefficient (Wildman–Crippen LogP) is 2.74. The molecule has 1 N–H and O–H groups in total. The van der Waals surface area contributed by atoms with Crippen LogP contribution in [0.25, 0.3) is 0 Å². The SMILES string of the molecule is CCCc1nc(C(CC)(CC)OC)nc2c1CCNC2. The van der Waals surface area contributed by atoms with E-state index >= 15 is 0 Å². The highest BCUT2D eigenvalue weighted by molar-refractivity contribution is 5.30. The van der Waals surface area contributed by atoms with Crippen LogP contribution in [0.4, 0.5) is 0 Å². The number of hydrogen-bond donors (Lipinski definition) is 1. The van der Waals surface area contributed by atoms with Crippen LogP contribution in [-0.4, -0.2) is 23.6 Å². The number of hydrogen-bond acceptors (Lipinski definition) is 4. The summed E-state index contributed by atoms with van der Waals surface area (Å²) in [5, 5.41) is 3.41. The first-order chi connectivity index (χ1) is 9.70. The molecular formula is C16H27N3O. The minimum absolute atomic E-state index is 0.338. The second-order valence-electron chi connectivity index (χ2n) is 5.50. The van der Waals surface area contributed by atoms with E-state index in [1.807, 2.05) is 0 Å². The van der Waals surface area contributed by atoms with Crippen LogP contribution >= 0.6 is 0 Å². The van der Waals surface area contributed by atoms with Crippen molar-refractivity contribution in [3.05, 3.63) is 22.8 Å². The Morgan fingerprint density at radius 1 is 1.20 bits per heavy atom. The van der Waals surface area contributed by atoms with Crippen LogP contribution in [0.3, 0.4) is 0 Å². The molecule has 0 saturated heterocycles. The summed E-state index contributed by atoms with van der Waals surface area (Å²) in [6.45, 7) is 8.39. The van der Waals surface area contributed by atoms with Crippen molar-refractivity contribution in [2.75, 3.05) is 13.7 Å². The average Bonchev–Trinajstić information content (AvgIpc) is 2.50. The van der Waals surface area contributed by atoms with E-state index in [4.69, 9.17) is 14.7 Å². The quantitative estimate of drug-likeness (QED) is 0.868. The van der Waals surface area contributed by atoms with Crippen molar-refractivity contribution in [2.45, 2.75) is 65.0 Å². The molecule has 0 atom stereocenters. The van der Waals surface area contributed by atoms with Gasteiger partial charge in [-0.3, -0.25) is 0 Å². The molecule has 0 spiro atoms. The Kier molecular flexibility index (Phi) is 5.11. The van der Waals surface area contributed by atoms with Gasteiger partial charge in [-0.2, -0.15) is 0 Å². The monoisotopic (exact) mass is 277 g/mol. The van der Waals surface area contributed by atoms with Crippen molar-refractivity contribution in [3.8, 4) is 0 Å². The minimum Gasteiger partial charge on any atom is -0.370 e. The summed E-state index contributed by atoms with van der Waals surface area (Å²) in [7, 11) is 1.77.